The standard InChI is InChI=1S/C29H24F3N7O3/c30-29(31,32)27-33-13-21(25(36-27)39-14-18-10-11-19(15-39)41-18)26-37-38-28(42-26)35-24-22(40)12-17-8-4-5-9-20(17)23(34-24)16-6-2-1-3-7-16/h1-9,13,18-19,24H,10-12,14-15H2,(H,35,38)/t18?,19?,24-/m1/s1. The summed E-state index contributed by atoms with van der Waals surface area (Å²) >= 11 is 0. The van der Waals surface area contributed by atoms with Crippen molar-refractivity contribution >= 4 is 23.3 Å². The Balaban J connectivity index is 1.22. The van der Waals surface area contributed by atoms with E-state index in [1.165, 1.54) is 0 Å². The number of anilines is 2. The number of halogens is 3. The number of hydrogen-bond acceptors (Lipinski definition) is 10. The second-order valence-electron chi connectivity index (χ2n) is 10.4. The van der Waals surface area contributed by atoms with Gasteiger partial charge in [0.2, 0.25) is 5.82 Å². The van der Waals surface area contributed by atoms with Crippen LogP contribution in [0.5, 0.6) is 0 Å². The number of carbonyl (C=O) groups is 1. The van der Waals surface area contributed by atoms with Crippen LogP contribution in [0.4, 0.5) is 25.0 Å². The fraction of sp³-hybridized carbons (Fsp3) is 0.310. The second-order valence-corrected chi connectivity index (χ2v) is 10.4. The molecule has 7 rings (SSSR count). The maximum Gasteiger partial charge on any atom is 0.451 e. The van der Waals surface area contributed by atoms with E-state index in [1.807, 2.05) is 54.6 Å². The van der Waals surface area contributed by atoms with Gasteiger partial charge in [0.05, 0.1) is 23.5 Å². The van der Waals surface area contributed by atoms with Crippen LogP contribution in [0.3, 0.4) is 0 Å². The molecule has 214 valence electrons. The molecule has 3 atom stereocenters. The molecule has 0 aliphatic carbocycles. The van der Waals surface area contributed by atoms with Gasteiger partial charge in [0.1, 0.15) is 5.82 Å². The number of carbonyl (C=O) groups excluding carboxylic acids is 1. The summed E-state index contributed by atoms with van der Waals surface area (Å²) in [5, 5.41) is 11.0. The van der Waals surface area contributed by atoms with E-state index >= 15 is 0 Å². The van der Waals surface area contributed by atoms with Gasteiger partial charge in [-0.25, -0.2) is 9.97 Å². The van der Waals surface area contributed by atoms with E-state index < -0.39 is 18.2 Å². The lowest BCUT2D eigenvalue weighted by Crippen LogP contribution is -2.43. The van der Waals surface area contributed by atoms with Crippen molar-refractivity contribution in [2.24, 2.45) is 4.99 Å². The highest BCUT2D eigenvalue weighted by atomic mass is 19.4. The minimum absolute atomic E-state index is 0.0399. The first-order valence-corrected chi connectivity index (χ1v) is 13.5. The van der Waals surface area contributed by atoms with E-state index in [2.05, 4.69) is 25.5 Å². The van der Waals surface area contributed by atoms with Crippen molar-refractivity contribution in [1.29, 1.82) is 0 Å². The molecule has 4 aromatic rings. The third-order valence-electron chi connectivity index (χ3n) is 7.53. The van der Waals surface area contributed by atoms with Gasteiger partial charge in [-0.05, 0) is 18.4 Å². The Morgan fingerprint density at radius 2 is 1.67 bits per heavy atom. The van der Waals surface area contributed by atoms with Crippen molar-refractivity contribution < 1.29 is 27.1 Å². The van der Waals surface area contributed by atoms with Gasteiger partial charge in [0.15, 0.2) is 11.9 Å². The van der Waals surface area contributed by atoms with Crippen LogP contribution < -0.4 is 10.2 Å². The van der Waals surface area contributed by atoms with Gasteiger partial charge in [-0.2, -0.15) is 13.2 Å². The monoisotopic (exact) mass is 575 g/mol. The quantitative estimate of drug-likeness (QED) is 0.371. The Morgan fingerprint density at radius 3 is 2.43 bits per heavy atom. The van der Waals surface area contributed by atoms with E-state index in [-0.39, 0.29) is 47.7 Å². The van der Waals surface area contributed by atoms with Crippen LogP contribution in [-0.4, -0.2) is 63.1 Å². The number of fused-ring (bicyclic) bond motifs is 3. The topological polar surface area (TPSA) is 119 Å². The molecular formula is C29H24F3N7O3. The molecule has 2 aromatic carbocycles. The zero-order valence-electron chi connectivity index (χ0n) is 22.1. The zero-order chi connectivity index (χ0) is 28.8. The van der Waals surface area contributed by atoms with Gasteiger partial charge >= 0.3 is 12.2 Å². The van der Waals surface area contributed by atoms with Crippen LogP contribution in [0.1, 0.15) is 35.4 Å². The number of rotatable bonds is 5. The predicted octanol–water partition coefficient (Wildman–Crippen LogP) is 4.31. The van der Waals surface area contributed by atoms with Crippen LogP contribution in [-0.2, 0) is 22.1 Å². The van der Waals surface area contributed by atoms with Gasteiger partial charge < -0.3 is 19.4 Å². The number of nitrogens with zero attached hydrogens (tertiary/aromatic N) is 6. The molecule has 2 bridgehead atoms. The number of hydrogen-bond donors (Lipinski definition) is 1. The van der Waals surface area contributed by atoms with E-state index in [1.54, 1.807) is 4.90 Å². The summed E-state index contributed by atoms with van der Waals surface area (Å²) in [5.41, 5.74) is 3.31. The predicted molar refractivity (Wildman–Crippen MR) is 145 cm³/mol. The van der Waals surface area contributed by atoms with Crippen molar-refractivity contribution in [3.8, 4) is 11.5 Å². The molecule has 0 saturated carbocycles. The molecule has 5 heterocycles. The third-order valence-corrected chi connectivity index (χ3v) is 7.53. The van der Waals surface area contributed by atoms with Crippen molar-refractivity contribution in [3.05, 3.63) is 83.3 Å². The highest BCUT2D eigenvalue weighted by molar-refractivity contribution is 6.16. The van der Waals surface area contributed by atoms with Crippen molar-refractivity contribution in [3.63, 3.8) is 0 Å². The minimum atomic E-state index is -4.73. The van der Waals surface area contributed by atoms with E-state index in [4.69, 9.17) is 14.1 Å². The SMILES string of the molecule is O=C1Cc2ccccc2C(c2ccccc2)=N[C@@H]1Nc1nnc(-c2cnc(C(F)(F)F)nc2N2CC3CCC(C2)O3)o1. The summed E-state index contributed by atoms with van der Waals surface area (Å²) in [5.74, 6) is -1.52. The fourth-order valence-corrected chi connectivity index (χ4v) is 5.60. The molecule has 10 nitrogen and oxygen atoms in total. The number of aliphatic imine (C=N–C) groups is 1. The second kappa shape index (κ2) is 10.3. The smallest absolute Gasteiger partial charge is 0.403 e. The molecule has 42 heavy (non-hydrogen) atoms. The number of nitrogens with one attached hydrogen (secondary N) is 1. The number of morpholine rings is 1. The molecule has 2 unspecified atom stereocenters. The van der Waals surface area contributed by atoms with Crippen LogP contribution in [0, 0.1) is 0 Å². The highest BCUT2D eigenvalue weighted by Crippen LogP contribution is 2.37. The average Bonchev–Trinajstić information content (AvgIpc) is 3.56. The van der Waals surface area contributed by atoms with Gasteiger partial charge in [0.25, 0.3) is 5.89 Å². The Hall–Kier alpha value is -4.65. The van der Waals surface area contributed by atoms with E-state index in [0.717, 1.165) is 35.7 Å². The normalized spacial score (nSPS) is 22.0. The van der Waals surface area contributed by atoms with Gasteiger partial charge in [-0.1, -0.05) is 59.7 Å². The summed E-state index contributed by atoms with van der Waals surface area (Å²) in [6.45, 7) is 0.760. The first-order chi connectivity index (χ1) is 20.3. The summed E-state index contributed by atoms with van der Waals surface area (Å²) in [7, 11) is 0. The molecule has 3 aliphatic heterocycles. The maximum absolute atomic E-state index is 13.5. The van der Waals surface area contributed by atoms with Crippen molar-refractivity contribution in [2.45, 2.75) is 43.8 Å². The summed E-state index contributed by atoms with van der Waals surface area (Å²) in [6.07, 6.45) is -3.14. The van der Waals surface area contributed by atoms with Crippen LogP contribution >= 0.6 is 0 Å². The number of alkyl halides is 3. The van der Waals surface area contributed by atoms with Crippen molar-refractivity contribution in [2.75, 3.05) is 23.3 Å². The van der Waals surface area contributed by atoms with Gasteiger partial charge in [-0.3, -0.25) is 9.79 Å². The summed E-state index contributed by atoms with van der Waals surface area (Å²) in [6, 6.07) is 17.0. The highest BCUT2D eigenvalue weighted by Gasteiger charge is 2.39. The molecule has 0 radical (unpaired) electrons. The van der Waals surface area contributed by atoms with E-state index in [0.29, 0.717) is 18.8 Å². The molecule has 2 saturated heterocycles. The number of aromatic nitrogens is 4. The van der Waals surface area contributed by atoms with Crippen LogP contribution in [0.15, 0.2) is 70.2 Å². The molecule has 1 N–H and O–H groups in total. The zero-order valence-corrected chi connectivity index (χ0v) is 22.1. The molecule has 2 fully saturated rings. The largest absolute Gasteiger partial charge is 0.451 e. The first-order valence-electron chi connectivity index (χ1n) is 13.5. The Labute approximate surface area is 237 Å². The lowest BCUT2D eigenvalue weighted by Gasteiger charge is -2.33. The van der Waals surface area contributed by atoms with Gasteiger partial charge in [0, 0.05) is 36.8 Å². The molecule has 0 amide bonds. The summed E-state index contributed by atoms with van der Waals surface area (Å²) in [4.78, 5) is 27.2. The average molecular weight is 576 g/mol. The van der Waals surface area contributed by atoms with Gasteiger partial charge in [-0.15, -0.1) is 5.10 Å². The molecule has 2 aromatic heterocycles. The summed E-state index contributed by atoms with van der Waals surface area (Å²) < 4.78 is 52.3. The van der Waals surface area contributed by atoms with Crippen LogP contribution in [0.25, 0.3) is 11.5 Å². The number of benzene rings is 2. The molecular weight excluding hydrogens is 551 g/mol. The molecule has 3 aliphatic rings. The van der Waals surface area contributed by atoms with E-state index in [9.17, 15) is 18.0 Å². The van der Waals surface area contributed by atoms with Crippen molar-refractivity contribution in [1.82, 2.24) is 20.2 Å². The molecule has 0 spiro atoms. The lowest BCUT2D eigenvalue weighted by molar-refractivity contribution is -0.144. The lowest BCUT2D eigenvalue weighted by atomic mass is 9.96. The number of ketones is 1. The minimum Gasteiger partial charge on any atom is -0.403 e. The number of Topliss-reactive ketones (excluding diaryl/α,β-unsaturated/α-hetero) is 1. The van der Waals surface area contributed by atoms with Crippen LogP contribution in [0.2, 0.25) is 0 Å². The molecule has 13 heteroatoms. The Bertz CT molecular complexity index is 1660. The number of ether oxygens (including phenoxy) is 1. The fourth-order valence-electron chi connectivity index (χ4n) is 5.60. The first kappa shape index (κ1) is 26.3. The Kier molecular flexibility index (Phi) is 6.45. The maximum atomic E-state index is 13.5. The Morgan fingerprint density at radius 1 is 0.929 bits per heavy atom. The third kappa shape index (κ3) is 5.00.